The lowest BCUT2D eigenvalue weighted by Crippen LogP contribution is -2.56. The molecule has 1 spiro atoms. The molecule has 4 aliphatic rings. The molecule has 5 rings (SSSR count). The average molecular weight is 430 g/mol. The molecule has 142 valence electrons. The zero-order chi connectivity index (χ0) is 18.6. The van der Waals surface area contributed by atoms with Crippen molar-refractivity contribution in [1.82, 2.24) is 9.80 Å². The highest BCUT2D eigenvalue weighted by molar-refractivity contribution is 9.10. The van der Waals surface area contributed by atoms with Crippen molar-refractivity contribution in [2.45, 2.75) is 44.1 Å². The molecule has 6 heteroatoms. The fourth-order valence-corrected chi connectivity index (χ4v) is 4.91. The molecule has 1 aromatic carbocycles. The van der Waals surface area contributed by atoms with Crippen LogP contribution in [-0.4, -0.2) is 52.6 Å². The van der Waals surface area contributed by atoms with Crippen molar-refractivity contribution in [3.05, 3.63) is 34.3 Å². The number of aliphatic imine (C=N–C) groups is 1. The van der Waals surface area contributed by atoms with E-state index in [0.29, 0.717) is 18.4 Å². The number of nitrogens with zero attached hydrogens (tertiary/aromatic N) is 3. The number of hydrogen-bond donors (Lipinski definition) is 0. The first kappa shape index (κ1) is 17.4. The molecule has 0 atom stereocenters. The van der Waals surface area contributed by atoms with Gasteiger partial charge in [0.15, 0.2) is 0 Å². The molecular formula is C21H24BrN3O2. The number of likely N-dealkylation sites (tertiary alicyclic amines) is 1. The predicted molar refractivity (Wildman–Crippen MR) is 106 cm³/mol. The normalized spacial score (nSPS) is 24.5. The van der Waals surface area contributed by atoms with Gasteiger partial charge in [-0.3, -0.25) is 19.5 Å². The zero-order valence-electron chi connectivity index (χ0n) is 15.4. The van der Waals surface area contributed by atoms with Crippen LogP contribution in [-0.2, 0) is 9.59 Å². The number of amides is 2. The summed E-state index contributed by atoms with van der Waals surface area (Å²) in [6.07, 6.45) is 5.97. The monoisotopic (exact) mass is 429 g/mol. The smallest absolute Gasteiger partial charge is 0.256 e. The first-order chi connectivity index (χ1) is 13.1. The maximum absolute atomic E-state index is 13.3. The van der Waals surface area contributed by atoms with Gasteiger partial charge in [0.25, 0.3) is 5.91 Å². The molecule has 2 saturated carbocycles. The van der Waals surface area contributed by atoms with Crippen LogP contribution in [0.25, 0.3) is 0 Å². The summed E-state index contributed by atoms with van der Waals surface area (Å²) in [5.74, 6) is 1.94. The topological polar surface area (TPSA) is 53.0 Å². The van der Waals surface area contributed by atoms with Crippen LogP contribution in [0.15, 0.2) is 33.7 Å². The van der Waals surface area contributed by atoms with Crippen molar-refractivity contribution in [1.29, 1.82) is 0 Å². The van der Waals surface area contributed by atoms with Crippen molar-refractivity contribution in [3.8, 4) is 0 Å². The third-order valence-corrected chi connectivity index (χ3v) is 6.92. The minimum Gasteiger partial charge on any atom is -0.342 e. The van der Waals surface area contributed by atoms with Gasteiger partial charge in [0.1, 0.15) is 11.4 Å². The summed E-state index contributed by atoms with van der Waals surface area (Å²) >= 11 is 3.48. The maximum Gasteiger partial charge on any atom is 0.256 e. The van der Waals surface area contributed by atoms with E-state index in [1.165, 1.54) is 0 Å². The lowest BCUT2D eigenvalue weighted by atomic mass is 9.95. The van der Waals surface area contributed by atoms with Crippen LogP contribution in [0.4, 0.5) is 0 Å². The Kier molecular flexibility index (Phi) is 4.15. The number of carbonyl (C=O) groups excluding carboxylic acids is 2. The Bertz CT molecular complexity index is 803. The van der Waals surface area contributed by atoms with Crippen molar-refractivity contribution in [2.75, 3.05) is 19.6 Å². The molecule has 0 aromatic heterocycles. The standard InChI is InChI=1S/C21H24BrN3O2/c22-17-7-5-15(6-8-17)18-23-21(9-1-2-10-21)20(27)25(18)13-14-11-24(12-14)19(26)16-3-4-16/h5-8,14,16H,1-4,9-13H2. The highest BCUT2D eigenvalue weighted by Gasteiger charge is 2.51. The molecule has 3 fully saturated rings. The van der Waals surface area contributed by atoms with E-state index in [9.17, 15) is 9.59 Å². The maximum atomic E-state index is 13.3. The Morgan fingerprint density at radius 1 is 1.15 bits per heavy atom. The molecule has 5 nitrogen and oxygen atoms in total. The largest absolute Gasteiger partial charge is 0.342 e. The third kappa shape index (κ3) is 3.02. The van der Waals surface area contributed by atoms with Gasteiger partial charge in [0.05, 0.1) is 0 Å². The van der Waals surface area contributed by atoms with Crippen LogP contribution in [0.5, 0.6) is 0 Å². The number of halogens is 1. The molecule has 2 amide bonds. The molecule has 0 radical (unpaired) electrons. The summed E-state index contributed by atoms with van der Waals surface area (Å²) in [7, 11) is 0. The minimum atomic E-state index is -0.532. The lowest BCUT2D eigenvalue weighted by Gasteiger charge is -2.41. The molecule has 0 bridgehead atoms. The average Bonchev–Trinajstić information content (AvgIpc) is 3.32. The molecule has 0 N–H and O–H groups in total. The van der Waals surface area contributed by atoms with E-state index in [0.717, 1.165) is 67.5 Å². The highest BCUT2D eigenvalue weighted by atomic mass is 79.9. The van der Waals surface area contributed by atoms with E-state index >= 15 is 0 Å². The molecule has 2 aliphatic carbocycles. The third-order valence-electron chi connectivity index (χ3n) is 6.39. The molecule has 1 saturated heterocycles. The van der Waals surface area contributed by atoms with E-state index in [1.54, 1.807) is 0 Å². The number of hydrogen-bond acceptors (Lipinski definition) is 3. The molecule has 0 unspecified atom stereocenters. The Balaban J connectivity index is 1.35. The quantitative estimate of drug-likeness (QED) is 0.737. The second kappa shape index (κ2) is 6.43. The van der Waals surface area contributed by atoms with Gasteiger partial charge >= 0.3 is 0 Å². The molecule has 1 aromatic rings. The zero-order valence-corrected chi connectivity index (χ0v) is 17.0. The van der Waals surface area contributed by atoms with Gasteiger partial charge in [-0.05, 0) is 37.8 Å². The van der Waals surface area contributed by atoms with Crippen molar-refractivity contribution in [3.63, 3.8) is 0 Å². The van der Waals surface area contributed by atoms with Crippen LogP contribution >= 0.6 is 15.9 Å². The van der Waals surface area contributed by atoms with Crippen molar-refractivity contribution in [2.24, 2.45) is 16.8 Å². The minimum absolute atomic E-state index is 0.171. The van der Waals surface area contributed by atoms with Crippen molar-refractivity contribution >= 4 is 33.6 Å². The van der Waals surface area contributed by atoms with Gasteiger partial charge in [-0.15, -0.1) is 0 Å². The summed E-state index contributed by atoms with van der Waals surface area (Å²) in [6, 6.07) is 8.06. The Hall–Kier alpha value is -1.69. The van der Waals surface area contributed by atoms with E-state index in [2.05, 4.69) is 15.9 Å². The fourth-order valence-electron chi connectivity index (χ4n) is 4.64. The number of rotatable bonds is 4. The number of amidine groups is 1. The highest BCUT2D eigenvalue weighted by Crippen LogP contribution is 2.41. The van der Waals surface area contributed by atoms with Gasteiger partial charge in [-0.1, -0.05) is 40.9 Å². The fraction of sp³-hybridized carbons (Fsp3) is 0.571. The summed E-state index contributed by atoms with van der Waals surface area (Å²) < 4.78 is 1.02. The second-order valence-electron chi connectivity index (χ2n) is 8.48. The van der Waals surface area contributed by atoms with E-state index in [4.69, 9.17) is 4.99 Å². The second-order valence-corrected chi connectivity index (χ2v) is 9.40. The first-order valence-electron chi connectivity index (χ1n) is 10.0. The predicted octanol–water partition coefficient (Wildman–Crippen LogP) is 3.22. The number of carbonyl (C=O) groups is 2. The van der Waals surface area contributed by atoms with Gasteiger partial charge in [-0.25, -0.2) is 0 Å². The van der Waals surface area contributed by atoms with Crippen LogP contribution in [0, 0.1) is 11.8 Å². The lowest BCUT2D eigenvalue weighted by molar-refractivity contribution is -0.140. The van der Waals surface area contributed by atoms with E-state index in [1.807, 2.05) is 34.1 Å². The van der Waals surface area contributed by atoms with Crippen LogP contribution in [0.3, 0.4) is 0 Å². The summed E-state index contributed by atoms with van der Waals surface area (Å²) in [6.45, 7) is 2.23. The molecule has 2 heterocycles. The van der Waals surface area contributed by atoms with Gasteiger partial charge in [-0.2, -0.15) is 0 Å². The Morgan fingerprint density at radius 2 is 1.81 bits per heavy atom. The molecule has 2 aliphatic heterocycles. The summed E-state index contributed by atoms with van der Waals surface area (Å²) in [5.41, 5.74) is 0.468. The van der Waals surface area contributed by atoms with Crippen LogP contribution < -0.4 is 0 Å². The Labute approximate surface area is 167 Å². The summed E-state index contributed by atoms with van der Waals surface area (Å²) in [4.78, 5) is 34.3. The van der Waals surface area contributed by atoms with Gasteiger partial charge in [0.2, 0.25) is 5.91 Å². The number of benzene rings is 1. The first-order valence-corrected chi connectivity index (χ1v) is 10.8. The van der Waals surface area contributed by atoms with Gasteiger partial charge in [0, 0.05) is 41.5 Å². The summed E-state index contributed by atoms with van der Waals surface area (Å²) in [5, 5.41) is 0. The van der Waals surface area contributed by atoms with Crippen LogP contribution in [0.2, 0.25) is 0 Å². The van der Waals surface area contributed by atoms with Crippen molar-refractivity contribution < 1.29 is 9.59 Å². The molecular weight excluding hydrogens is 406 g/mol. The Morgan fingerprint density at radius 3 is 2.44 bits per heavy atom. The van der Waals surface area contributed by atoms with E-state index < -0.39 is 5.54 Å². The van der Waals surface area contributed by atoms with Crippen LogP contribution in [0.1, 0.15) is 44.1 Å². The van der Waals surface area contributed by atoms with Gasteiger partial charge < -0.3 is 4.90 Å². The van der Waals surface area contributed by atoms with E-state index in [-0.39, 0.29) is 11.8 Å². The molecule has 27 heavy (non-hydrogen) atoms. The SMILES string of the molecule is O=C(C1CC1)N1CC(CN2C(=O)C3(CCCC3)N=C2c2ccc(Br)cc2)C1.